The third-order valence-corrected chi connectivity index (χ3v) is 3.56. The maximum Gasteiger partial charge on any atom is 0.286 e. The van der Waals surface area contributed by atoms with Crippen molar-refractivity contribution in [1.29, 1.82) is 5.41 Å². The zero-order valence-electron chi connectivity index (χ0n) is 12.0. The van der Waals surface area contributed by atoms with Crippen LogP contribution in [0.15, 0.2) is 48.8 Å². The van der Waals surface area contributed by atoms with Gasteiger partial charge >= 0.3 is 0 Å². The number of halogens is 1. The van der Waals surface area contributed by atoms with Crippen molar-refractivity contribution < 1.29 is 16.8 Å². The van der Waals surface area contributed by atoms with Crippen molar-refractivity contribution in [2.45, 2.75) is 6.92 Å². The molecule has 0 bridgehead atoms. The first-order valence-electron chi connectivity index (χ1n) is 6.48. The number of amidine groups is 1. The van der Waals surface area contributed by atoms with Gasteiger partial charge in [-0.05, 0) is 30.7 Å². The molecule has 2 aromatic heterocycles. The summed E-state index contributed by atoms with van der Waals surface area (Å²) in [5.41, 5.74) is 10.8. The fourth-order valence-electron chi connectivity index (χ4n) is 2.44. The number of nitrogens with zero attached hydrogens (tertiary/aromatic N) is 2. The molecule has 0 radical (unpaired) electrons. The predicted molar refractivity (Wildman–Crippen MR) is 79.8 cm³/mol. The van der Waals surface area contributed by atoms with Crippen LogP contribution in [0.3, 0.4) is 0 Å². The maximum atomic E-state index is 7.43. The number of nitrogen functional groups attached to an aromatic ring is 1. The van der Waals surface area contributed by atoms with Gasteiger partial charge in [0.15, 0.2) is 5.69 Å². The van der Waals surface area contributed by atoms with Gasteiger partial charge in [-0.2, -0.15) is 0 Å². The molecule has 0 saturated carbocycles. The lowest BCUT2D eigenvalue weighted by atomic mass is 10.1. The summed E-state index contributed by atoms with van der Waals surface area (Å²) in [4.78, 5) is 0. The Balaban J connectivity index is 0.00000161. The third-order valence-electron chi connectivity index (χ3n) is 3.56. The van der Waals surface area contributed by atoms with Crippen LogP contribution in [0.5, 0.6) is 0 Å². The number of fused-ring (bicyclic) bond motifs is 1. The number of nitrogens with two attached hydrogens (primary N) is 1. The van der Waals surface area contributed by atoms with E-state index >= 15 is 0 Å². The van der Waals surface area contributed by atoms with Crippen molar-refractivity contribution in [1.82, 2.24) is 4.57 Å². The standard InChI is InChI=1S/C16H17N4.ClH/c1-11-3-8-15-19(2)14(10-20(15)9-11)12-4-6-13(7-5-12)16(17)18;/h3-10H,1-2H3,(H3,17,18);1H/q+1;/p-1. The van der Waals surface area contributed by atoms with Crippen LogP contribution in [0.25, 0.3) is 16.9 Å². The smallest absolute Gasteiger partial charge is 0.286 e. The van der Waals surface area contributed by atoms with Gasteiger partial charge in [-0.25, -0.2) is 8.97 Å². The van der Waals surface area contributed by atoms with Crippen molar-refractivity contribution in [3.05, 3.63) is 59.9 Å². The molecule has 0 atom stereocenters. The first kappa shape index (κ1) is 15.1. The second-order valence-electron chi connectivity index (χ2n) is 5.04. The quantitative estimate of drug-likeness (QED) is 0.357. The van der Waals surface area contributed by atoms with Gasteiger partial charge in [-0.3, -0.25) is 5.41 Å². The van der Waals surface area contributed by atoms with Crippen LogP contribution in [-0.4, -0.2) is 10.4 Å². The highest BCUT2D eigenvalue weighted by atomic mass is 35.5. The fraction of sp³-hybridized carbons (Fsp3) is 0.125. The Morgan fingerprint density at radius 2 is 1.76 bits per heavy atom. The molecule has 1 aromatic carbocycles. The third kappa shape index (κ3) is 2.62. The molecule has 108 valence electrons. The molecule has 0 amide bonds. The summed E-state index contributed by atoms with van der Waals surface area (Å²) in [7, 11) is 2.05. The van der Waals surface area contributed by atoms with Crippen molar-refractivity contribution in [3.8, 4) is 11.3 Å². The lowest BCUT2D eigenvalue weighted by Crippen LogP contribution is -3.00. The molecule has 4 nitrogen and oxygen atoms in total. The molecule has 0 spiro atoms. The fourth-order valence-corrected chi connectivity index (χ4v) is 2.44. The summed E-state index contributed by atoms with van der Waals surface area (Å²) in [5, 5.41) is 7.43. The van der Waals surface area contributed by atoms with Gasteiger partial charge in [-0.1, -0.05) is 12.1 Å². The van der Waals surface area contributed by atoms with E-state index in [0.717, 1.165) is 22.5 Å². The van der Waals surface area contributed by atoms with Crippen LogP contribution in [0.4, 0.5) is 0 Å². The summed E-state index contributed by atoms with van der Waals surface area (Å²) in [6, 6.07) is 12.0. The van der Waals surface area contributed by atoms with Gasteiger partial charge in [0.1, 0.15) is 12.0 Å². The Morgan fingerprint density at radius 1 is 1.10 bits per heavy atom. The zero-order chi connectivity index (χ0) is 14.3. The molecule has 0 unspecified atom stereocenters. The first-order valence-corrected chi connectivity index (χ1v) is 6.48. The second kappa shape index (κ2) is 5.58. The van der Waals surface area contributed by atoms with Gasteiger partial charge in [0.2, 0.25) is 0 Å². The van der Waals surface area contributed by atoms with Gasteiger partial charge in [-0.15, -0.1) is 0 Å². The normalized spacial score (nSPS) is 10.4. The van der Waals surface area contributed by atoms with E-state index in [9.17, 15) is 0 Å². The molecule has 21 heavy (non-hydrogen) atoms. The molecule has 5 heteroatoms. The van der Waals surface area contributed by atoms with Crippen LogP contribution in [0.2, 0.25) is 0 Å². The molecule has 3 rings (SSSR count). The monoisotopic (exact) mass is 300 g/mol. The van der Waals surface area contributed by atoms with Crippen LogP contribution in [-0.2, 0) is 7.05 Å². The molecule has 3 aromatic rings. The lowest BCUT2D eigenvalue weighted by Gasteiger charge is -2.00. The Morgan fingerprint density at radius 3 is 2.38 bits per heavy atom. The minimum Gasteiger partial charge on any atom is -1.00 e. The molecule has 0 saturated heterocycles. The van der Waals surface area contributed by atoms with Crippen molar-refractivity contribution in [2.75, 3.05) is 0 Å². The number of aryl methyl sites for hydroxylation is 2. The SMILES string of the molecule is Cc1ccc2n(C)c(-c3ccc(C(=N)N)cc3)c[n+]2c1.[Cl-]. The molecule has 0 aliphatic carbocycles. The molecule has 0 fully saturated rings. The Hall–Kier alpha value is -2.33. The van der Waals surface area contributed by atoms with Crippen molar-refractivity contribution in [3.63, 3.8) is 0 Å². The minimum absolute atomic E-state index is 0. The molecular formula is C16H17ClN4. The van der Waals surface area contributed by atoms with Crippen molar-refractivity contribution in [2.24, 2.45) is 12.8 Å². The Kier molecular flexibility index (Phi) is 4.00. The largest absolute Gasteiger partial charge is 1.00 e. The lowest BCUT2D eigenvalue weighted by molar-refractivity contribution is -0.510. The number of pyridine rings is 1. The van der Waals surface area contributed by atoms with E-state index in [-0.39, 0.29) is 18.2 Å². The number of hydrogen-bond acceptors (Lipinski definition) is 1. The minimum atomic E-state index is 0. The summed E-state index contributed by atoms with van der Waals surface area (Å²) in [6.45, 7) is 2.08. The average Bonchev–Trinajstić information content (AvgIpc) is 2.75. The van der Waals surface area contributed by atoms with Crippen LogP contribution < -0.4 is 22.5 Å². The molecule has 0 aliphatic heterocycles. The second-order valence-corrected chi connectivity index (χ2v) is 5.04. The molecule has 2 heterocycles. The first-order chi connectivity index (χ1) is 9.56. The van der Waals surface area contributed by atoms with Crippen LogP contribution in [0, 0.1) is 12.3 Å². The Labute approximate surface area is 129 Å². The van der Waals surface area contributed by atoms with E-state index in [1.807, 2.05) is 24.3 Å². The summed E-state index contributed by atoms with van der Waals surface area (Å²) < 4.78 is 4.28. The van der Waals surface area contributed by atoms with Crippen LogP contribution >= 0.6 is 0 Å². The number of rotatable bonds is 2. The number of benzene rings is 1. The highest BCUT2D eigenvalue weighted by Crippen LogP contribution is 2.20. The average molecular weight is 301 g/mol. The number of hydrogen-bond donors (Lipinski definition) is 2. The Bertz CT molecular complexity index is 803. The predicted octanol–water partition coefficient (Wildman–Crippen LogP) is -0.973. The van der Waals surface area contributed by atoms with Crippen LogP contribution in [0.1, 0.15) is 11.1 Å². The van der Waals surface area contributed by atoms with Crippen molar-refractivity contribution >= 4 is 11.5 Å². The van der Waals surface area contributed by atoms with Gasteiger partial charge in [0, 0.05) is 17.2 Å². The summed E-state index contributed by atoms with van der Waals surface area (Å²) in [5.74, 6) is 0.0959. The van der Waals surface area contributed by atoms with Gasteiger partial charge in [0.25, 0.3) is 5.65 Å². The van der Waals surface area contributed by atoms with Gasteiger partial charge < -0.3 is 18.1 Å². The summed E-state index contributed by atoms with van der Waals surface area (Å²) >= 11 is 0. The number of nitrogens with one attached hydrogen (secondary N) is 1. The van der Waals surface area contributed by atoms with E-state index in [1.165, 1.54) is 5.56 Å². The topological polar surface area (TPSA) is 58.9 Å². The van der Waals surface area contributed by atoms with E-state index in [4.69, 9.17) is 11.1 Å². The van der Waals surface area contributed by atoms with E-state index in [0.29, 0.717) is 0 Å². The van der Waals surface area contributed by atoms with E-state index in [1.54, 1.807) is 0 Å². The van der Waals surface area contributed by atoms with Gasteiger partial charge in [0.05, 0.1) is 13.2 Å². The maximum absolute atomic E-state index is 7.43. The number of aromatic nitrogens is 2. The zero-order valence-corrected chi connectivity index (χ0v) is 12.7. The summed E-state index contributed by atoms with van der Waals surface area (Å²) in [6.07, 6.45) is 4.23. The highest BCUT2D eigenvalue weighted by Gasteiger charge is 2.15. The van der Waals surface area contributed by atoms with E-state index in [2.05, 4.69) is 47.5 Å². The molecular weight excluding hydrogens is 284 g/mol. The molecule has 3 N–H and O–H groups in total. The highest BCUT2D eigenvalue weighted by molar-refractivity contribution is 5.95. The molecule has 0 aliphatic rings. The van der Waals surface area contributed by atoms with E-state index < -0.39 is 0 Å². The number of imidazole rings is 1.